The average molecular weight is 444 g/mol. The monoisotopic (exact) mass is 444 g/mol. The van der Waals surface area contributed by atoms with Crippen molar-refractivity contribution in [3.8, 4) is 11.7 Å². The Morgan fingerprint density at radius 2 is 2.03 bits per heavy atom. The van der Waals surface area contributed by atoms with Gasteiger partial charge in [0.1, 0.15) is 15.8 Å². The molecule has 1 aliphatic heterocycles. The molecule has 30 heavy (non-hydrogen) atoms. The van der Waals surface area contributed by atoms with Gasteiger partial charge in [0.05, 0.1) is 0 Å². The van der Waals surface area contributed by atoms with Gasteiger partial charge in [-0.3, -0.25) is 10.1 Å². The maximum atomic E-state index is 12.8. The van der Waals surface area contributed by atoms with Crippen molar-refractivity contribution < 1.29 is 22.0 Å². The first-order valence-electron chi connectivity index (χ1n) is 9.21. The van der Waals surface area contributed by atoms with Gasteiger partial charge in [0.15, 0.2) is 5.76 Å². The molecule has 1 atom stereocenters. The van der Waals surface area contributed by atoms with E-state index >= 15 is 0 Å². The summed E-state index contributed by atoms with van der Waals surface area (Å²) in [7, 11) is -3.73. The number of thiophene rings is 1. The Balaban J connectivity index is 1.34. The van der Waals surface area contributed by atoms with Gasteiger partial charge in [-0.15, -0.1) is 16.4 Å². The number of benzene rings is 1. The summed E-state index contributed by atoms with van der Waals surface area (Å²) in [5.74, 6) is -0.00427. The Labute approximate surface area is 175 Å². The lowest BCUT2D eigenvalue weighted by Gasteiger charge is -2.21. The molecule has 4 heterocycles. The second-order valence-electron chi connectivity index (χ2n) is 6.76. The molecule has 0 bridgehead atoms. The number of rotatable bonds is 5. The third-order valence-electron chi connectivity index (χ3n) is 4.86. The first kappa shape index (κ1) is 19.0. The first-order valence-corrected chi connectivity index (χ1v) is 11.5. The molecule has 9 nitrogen and oxygen atoms in total. The van der Waals surface area contributed by atoms with Crippen LogP contribution in [-0.4, -0.2) is 41.4 Å². The summed E-state index contributed by atoms with van der Waals surface area (Å²) < 4.78 is 38.3. The van der Waals surface area contributed by atoms with Gasteiger partial charge >= 0.3 is 6.01 Å². The van der Waals surface area contributed by atoms with Gasteiger partial charge in [0.25, 0.3) is 15.9 Å². The molecule has 1 aliphatic rings. The SMILES string of the molecule is O=C(Nc1nnc(-c2cc3ccccc3o2)o1)[C@H]1CCCN1S(=O)(=O)c1cccs1. The maximum Gasteiger partial charge on any atom is 0.322 e. The van der Waals surface area contributed by atoms with Crippen LogP contribution in [0.25, 0.3) is 22.6 Å². The van der Waals surface area contributed by atoms with Crippen LogP contribution in [0.5, 0.6) is 0 Å². The van der Waals surface area contributed by atoms with E-state index in [1.807, 2.05) is 24.3 Å². The number of para-hydroxylation sites is 1. The second-order valence-corrected chi connectivity index (χ2v) is 9.82. The Bertz CT molecular complexity index is 1280. The van der Waals surface area contributed by atoms with E-state index in [9.17, 15) is 13.2 Å². The quantitative estimate of drug-likeness (QED) is 0.501. The minimum absolute atomic E-state index is 0.115. The molecule has 154 valence electrons. The zero-order chi connectivity index (χ0) is 20.7. The predicted molar refractivity (Wildman–Crippen MR) is 109 cm³/mol. The number of carbonyl (C=O) groups excluding carboxylic acids is 1. The minimum atomic E-state index is -3.73. The number of nitrogens with one attached hydrogen (secondary N) is 1. The highest BCUT2D eigenvalue weighted by Crippen LogP contribution is 2.30. The van der Waals surface area contributed by atoms with Gasteiger partial charge in [-0.05, 0) is 36.4 Å². The fraction of sp³-hybridized carbons (Fsp3) is 0.211. The number of aromatic nitrogens is 2. The largest absolute Gasteiger partial charge is 0.451 e. The molecule has 0 spiro atoms. The van der Waals surface area contributed by atoms with E-state index in [0.29, 0.717) is 24.2 Å². The van der Waals surface area contributed by atoms with Crippen LogP contribution in [0.4, 0.5) is 6.01 Å². The highest BCUT2D eigenvalue weighted by molar-refractivity contribution is 7.91. The van der Waals surface area contributed by atoms with Gasteiger partial charge in [0, 0.05) is 11.9 Å². The Hall–Kier alpha value is -3.02. The molecule has 0 aliphatic carbocycles. The minimum Gasteiger partial charge on any atom is -0.451 e. The Kier molecular flexibility index (Phi) is 4.65. The van der Waals surface area contributed by atoms with Crippen molar-refractivity contribution >= 4 is 44.3 Å². The molecule has 5 rings (SSSR count). The molecule has 3 aromatic heterocycles. The van der Waals surface area contributed by atoms with E-state index < -0.39 is 22.0 Å². The molecule has 0 radical (unpaired) electrons. The van der Waals surface area contributed by atoms with Crippen LogP contribution in [-0.2, 0) is 14.8 Å². The molecule has 1 amide bonds. The van der Waals surface area contributed by atoms with Crippen LogP contribution < -0.4 is 5.32 Å². The highest BCUT2D eigenvalue weighted by Gasteiger charge is 2.40. The summed E-state index contributed by atoms with van der Waals surface area (Å²) in [4.78, 5) is 12.8. The summed E-state index contributed by atoms with van der Waals surface area (Å²) in [6.45, 7) is 0.284. The van der Waals surface area contributed by atoms with E-state index in [1.54, 1.807) is 17.5 Å². The van der Waals surface area contributed by atoms with Crippen molar-refractivity contribution in [3.05, 3.63) is 47.8 Å². The molecule has 1 N–H and O–H groups in total. The average Bonchev–Trinajstić information content (AvgIpc) is 3.54. The smallest absolute Gasteiger partial charge is 0.322 e. The number of sulfonamides is 1. The van der Waals surface area contributed by atoms with E-state index in [0.717, 1.165) is 16.7 Å². The van der Waals surface area contributed by atoms with Crippen molar-refractivity contribution in [3.63, 3.8) is 0 Å². The van der Waals surface area contributed by atoms with Crippen molar-refractivity contribution in [1.82, 2.24) is 14.5 Å². The van der Waals surface area contributed by atoms with E-state index in [-0.39, 0.29) is 22.7 Å². The van der Waals surface area contributed by atoms with Gasteiger partial charge in [-0.2, -0.15) is 4.31 Å². The van der Waals surface area contributed by atoms with Crippen molar-refractivity contribution in [2.75, 3.05) is 11.9 Å². The zero-order valence-electron chi connectivity index (χ0n) is 15.5. The lowest BCUT2D eigenvalue weighted by Crippen LogP contribution is -2.42. The number of anilines is 1. The molecule has 1 saturated heterocycles. The molecule has 11 heteroatoms. The lowest BCUT2D eigenvalue weighted by molar-refractivity contribution is -0.119. The molecular weight excluding hydrogens is 428 g/mol. The van der Waals surface area contributed by atoms with Crippen LogP contribution in [0.2, 0.25) is 0 Å². The fourth-order valence-corrected chi connectivity index (χ4v) is 6.24. The Morgan fingerprint density at radius 3 is 2.83 bits per heavy atom. The van der Waals surface area contributed by atoms with Crippen molar-refractivity contribution in [1.29, 1.82) is 0 Å². The summed E-state index contributed by atoms with van der Waals surface area (Å²) >= 11 is 1.12. The number of hydrogen-bond donors (Lipinski definition) is 1. The summed E-state index contributed by atoms with van der Waals surface area (Å²) in [5, 5.41) is 12.9. The molecule has 1 fully saturated rings. The van der Waals surface area contributed by atoms with E-state index in [1.165, 1.54) is 10.4 Å². The normalized spacial score (nSPS) is 17.5. The lowest BCUT2D eigenvalue weighted by atomic mass is 10.2. The predicted octanol–water partition coefficient (Wildman–Crippen LogP) is 3.34. The summed E-state index contributed by atoms with van der Waals surface area (Å²) in [5.41, 5.74) is 0.677. The van der Waals surface area contributed by atoms with Gasteiger partial charge < -0.3 is 8.83 Å². The topological polar surface area (TPSA) is 119 Å². The number of furan rings is 1. The maximum absolute atomic E-state index is 12.8. The van der Waals surface area contributed by atoms with Gasteiger partial charge in [-0.25, -0.2) is 8.42 Å². The van der Waals surface area contributed by atoms with E-state index in [2.05, 4.69) is 15.5 Å². The van der Waals surface area contributed by atoms with Crippen LogP contribution in [0, 0.1) is 0 Å². The van der Waals surface area contributed by atoms with E-state index in [4.69, 9.17) is 8.83 Å². The number of amides is 1. The first-order chi connectivity index (χ1) is 14.5. The number of carbonyl (C=O) groups is 1. The van der Waals surface area contributed by atoms with Crippen LogP contribution >= 0.6 is 11.3 Å². The van der Waals surface area contributed by atoms with Crippen LogP contribution in [0.3, 0.4) is 0 Å². The van der Waals surface area contributed by atoms with Crippen LogP contribution in [0.1, 0.15) is 12.8 Å². The number of hydrogen-bond acceptors (Lipinski definition) is 8. The van der Waals surface area contributed by atoms with Crippen molar-refractivity contribution in [2.45, 2.75) is 23.1 Å². The molecule has 0 saturated carbocycles. The van der Waals surface area contributed by atoms with Crippen molar-refractivity contribution in [2.24, 2.45) is 0 Å². The molecule has 0 unspecified atom stereocenters. The third kappa shape index (κ3) is 3.30. The van der Waals surface area contributed by atoms with Gasteiger partial charge in [-0.1, -0.05) is 29.4 Å². The second kappa shape index (κ2) is 7.35. The fourth-order valence-electron chi connectivity index (χ4n) is 3.46. The molecule has 4 aromatic rings. The number of nitrogens with zero attached hydrogens (tertiary/aromatic N) is 3. The van der Waals surface area contributed by atoms with Gasteiger partial charge in [0.2, 0.25) is 5.91 Å². The Morgan fingerprint density at radius 1 is 1.17 bits per heavy atom. The highest BCUT2D eigenvalue weighted by atomic mass is 32.2. The zero-order valence-corrected chi connectivity index (χ0v) is 17.1. The summed E-state index contributed by atoms with van der Waals surface area (Å²) in [6, 6.07) is 11.5. The molecular formula is C19H16N4O5S2. The third-order valence-corrected chi connectivity index (χ3v) is 8.14. The standard InChI is InChI=1S/C19H16N4O5S2/c24-17(13-6-3-9-23(13)30(25,26)16-8-4-10-29-16)20-19-22-21-18(28-19)15-11-12-5-1-2-7-14(12)27-15/h1-2,4-5,7-8,10-11,13H,3,6,9H2,(H,20,22,24)/t13-/m1/s1. The number of fused-ring (bicyclic) bond motifs is 1. The molecule has 1 aromatic carbocycles. The van der Waals surface area contributed by atoms with Crippen LogP contribution in [0.15, 0.2) is 60.9 Å². The summed E-state index contributed by atoms with van der Waals surface area (Å²) in [6.07, 6.45) is 1.01.